The molecule has 118 valence electrons. The highest BCUT2D eigenvalue weighted by molar-refractivity contribution is 6.18. The highest BCUT2D eigenvalue weighted by Gasteiger charge is 2.18. The number of morpholine rings is 1. The van der Waals surface area contributed by atoms with Gasteiger partial charge in [-0.2, -0.15) is 0 Å². The van der Waals surface area contributed by atoms with Gasteiger partial charge in [0.2, 0.25) is 5.91 Å². The molecule has 5 nitrogen and oxygen atoms in total. The molecule has 1 fully saturated rings. The average molecular weight is 314 g/mol. The summed E-state index contributed by atoms with van der Waals surface area (Å²) in [4.78, 5) is 22.3. The molecule has 0 aliphatic carbocycles. The van der Waals surface area contributed by atoms with Gasteiger partial charge in [0.05, 0.1) is 13.2 Å². The molecular formula is C15H24ClN3O2. The number of nitrogens with zero attached hydrogens (tertiary/aromatic N) is 3. The van der Waals surface area contributed by atoms with Crippen LogP contribution in [0, 0.1) is 0 Å². The maximum atomic E-state index is 12.2. The molecule has 0 aromatic heterocycles. The summed E-state index contributed by atoms with van der Waals surface area (Å²) in [5.41, 5.74) is 2.74. The van der Waals surface area contributed by atoms with Gasteiger partial charge in [-0.3, -0.25) is 14.8 Å². The Morgan fingerprint density at radius 2 is 2.00 bits per heavy atom. The van der Waals surface area contributed by atoms with Gasteiger partial charge in [0, 0.05) is 30.9 Å². The molecule has 0 N–H and O–H groups in total. The second kappa shape index (κ2) is 9.68. The standard InChI is InChI=1S/C15H24ClN3O2/c1-4-13(12(2)17-3)14(18-11-16)5-6-15(20)19-7-9-21-10-8-19/h3-11H2,1-2H3/b13-12-,18-14-. The van der Waals surface area contributed by atoms with Crippen molar-refractivity contribution in [3.05, 3.63) is 11.3 Å². The molecule has 1 aliphatic heterocycles. The molecule has 1 saturated heterocycles. The van der Waals surface area contributed by atoms with Crippen molar-refractivity contribution in [3.8, 4) is 0 Å². The van der Waals surface area contributed by atoms with Crippen LogP contribution in [0.3, 0.4) is 0 Å². The monoisotopic (exact) mass is 313 g/mol. The van der Waals surface area contributed by atoms with E-state index in [1.807, 2.05) is 18.7 Å². The van der Waals surface area contributed by atoms with E-state index in [4.69, 9.17) is 16.3 Å². The van der Waals surface area contributed by atoms with Crippen LogP contribution in [0.15, 0.2) is 21.3 Å². The fourth-order valence-corrected chi connectivity index (χ4v) is 2.50. The van der Waals surface area contributed by atoms with E-state index in [-0.39, 0.29) is 11.9 Å². The molecule has 1 amide bonds. The van der Waals surface area contributed by atoms with E-state index in [1.165, 1.54) is 0 Å². The van der Waals surface area contributed by atoms with E-state index in [0.717, 1.165) is 23.4 Å². The second-order valence-electron chi connectivity index (χ2n) is 4.79. The first-order chi connectivity index (χ1) is 10.1. The van der Waals surface area contributed by atoms with Gasteiger partial charge in [-0.05, 0) is 32.1 Å². The average Bonchev–Trinajstić information content (AvgIpc) is 2.53. The summed E-state index contributed by atoms with van der Waals surface area (Å²) in [6.45, 7) is 10.1. The molecule has 21 heavy (non-hydrogen) atoms. The zero-order chi connectivity index (χ0) is 15.7. The lowest BCUT2D eigenvalue weighted by molar-refractivity contribution is -0.135. The first-order valence-electron chi connectivity index (χ1n) is 7.25. The highest BCUT2D eigenvalue weighted by atomic mass is 35.5. The Balaban J connectivity index is 2.69. The number of amides is 1. The first-order valence-corrected chi connectivity index (χ1v) is 7.79. The van der Waals surface area contributed by atoms with Gasteiger partial charge in [0.15, 0.2) is 0 Å². The van der Waals surface area contributed by atoms with E-state index in [0.29, 0.717) is 39.1 Å². The molecule has 0 atom stereocenters. The summed E-state index contributed by atoms with van der Waals surface area (Å²) in [5, 5.41) is 0. The van der Waals surface area contributed by atoms with Gasteiger partial charge < -0.3 is 9.64 Å². The molecule has 0 bridgehead atoms. The number of carbonyl (C=O) groups excluding carboxylic acids is 1. The second-order valence-corrected chi connectivity index (χ2v) is 5.03. The van der Waals surface area contributed by atoms with Gasteiger partial charge in [-0.1, -0.05) is 6.92 Å². The number of hydrogen-bond acceptors (Lipinski definition) is 4. The molecular weight excluding hydrogens is 290 g/mol. The number of allylic oxidation sites excluding steroid dienone is 2. The van der Waals surface area contributed by atoms with Crippen LogP contribution in [0.2, 0.25) is 0 Å². The number of rotatable bonds is 7. The van der Waals surface area contributed by atoms with Crippen molar-refractivity contribution in [2.75, 3.05) is 32.3 Å². The minimum atomic E-state index is 0.139. The van der Waals surface area contributed by atoms with Crippen molar-refractivity contribution < 1.29 is 9.53 Å². The Kier molecular flexibility index (Phi) is 8.23. The van der Waals surface area contributed by atoms with Crippen molar-refractivity contribution in [2.24, 2.45) is 9.98 Å². The summed E-state index contributed by atoms with van der Waals surface area (Å²) in [5.74, 6) is 0.139. The third kappa shape index (κ3) is 5.59. The number of carbonyl (C=O) groups is 1. The smallest absolute Gasteiger partial charge is 0.223 e. The Hall–Kier alpha value is -1.20. The van der Waals surface area contributed by atoms with Crippen molar-refractivity contribution in [1.82, 2.24) is 4.90 Å². The van der Waals surface area contributed by atoms with Crippen molar-refractivity contribution in [2.45, 2.75) is 33.1 Å². The van der Waals surface area contributed by atoms with E-state index in [9.17, 15) is 4.79 Å². The van der Waals surface area contributed by atoms with Crippen LogP contribution in [0.1, 0.15) is 33.1 Å². The number of alkyl halides is 1. The molecule has 0 unspecified atom stereocenters. The van der Waals surface area contributed by atoms with Crippen LogP contribution in [0.4, 0.5) is 0 Å². The Bertz CT molecular complexity index is 427. The summed E-state index contributed by atoms with van der Waals surface area (Å²) >= 11 is 5.74. The van der Waals surface area contributed by atoms with Crippen molar-refractivity contribution in [3.63, 3.8) is 0 Å². The van der Waals surface area contributed by atoms with Gasteiger partial charge in [-0.25, -0.2) is 0 Å². The van der Waals surface area contributed by atoms with Gasteiger partial charge in [0.25, 0.3) is 0 Å². The molecule has 1 rings (SSSR count). The zero-order valence-electron chi connectivity index (χ0n) is 12.9. The number of aliphatic imine (C=N–C) groups is 2. The lowest BCUT2D eigenvalue weighted by atomic mass is 10.0. The van der Waals surface area contributed by atoms with Crippen molar-refractivity contribution in [1.29, 1.82) is 0 Å². The molecule has 0 radical (unpaired) electrons. The summed E-state index contributed by atoms with van der Waals surface area (Å²) < 4.78 is 5.25. The van der Waals surface area contributed by atoms with Gasteiger partial charge >= 0.3 is 0 Å². The van der Waals surface area contributed by atoms with Gasteiger partial charge in [0.1, 0.15) is 6.00 Å². The Labute approximate surface area is 131 Å². The number of ether oxygens (including phenoxy) is 1. The van der Waals surface area contributed by atoms with Crippen LogP contribution in [0.25, 0.3) is 0 Å². The van der Waals surface area contributed by atoms with Crippen molar-refractivity contribution >= 4 is 29.9 Å². The lowest BCUT2D eigenvalue weighted by Gasteiger charge is -2.27. The molecule has 0 spiro atoms. The number of halogens is 1. The normalized spacial score (nSPS) is 17.5. The van der Waals surface area contributed by atoms with E-state index >= 15 is 0 Å². The third-order valence-electron chi connectivity index (χ3n) is 3.57. The first kappa shape index (κ1) is 17.9. The molecule has 0 saturated carbocycles. The predicted octanol–water partition coefficient (Wildman–Crippen LogP) is 2.65. The molecule has 6 heteroatoms. The summed E-state index contributed by atoms with van der Waals surface area (Å²) in [6.07, 6.45) is 1.81. The molecule has 1 heterocycles. The Morgan fingerprint density at radius 3 is 2.52 bits per heavy atom. The van der Waals surface area contributed by atoms with Crippen LogP contribution >= 0.6 is 11.6 Å². The quantitative estimate of drug-likeness (QED) is 0.412. The van der Waals surface area contributed by atoms with E-state index in [2.05, 4.69) is 16.7 Å². The van der Waals surface area contributed by atoms with E-state index in [1.54, 1.807) is 0 Å². The topological polar surface area (TPSA) is 54.3 Å². The minimum absolute atomic E-state index is 0.139. The summed E-state index contributed by atoms with van der Waals surface area (Å²) in [7, 11) is 0. The lowest BCUT2D eigenvalue weighted by Crippen LogP contribution is -2.40. The molecule has 1 aliphatic rings. The highest BCUT2D eigenvalue weighted by Crippen LogP contribution is 2.16. The fraction of sp³-hybridized carbons (Fsp3) is 0.667. The summed E-state index contributed by atoms with van der Waals surface area (Å²) in [6, 6.07) is 0.189. The van der Waals surface area contributed by atoms with Crippen LogP contribution in [0.5, 0.6) is 0 Å². The fourth-order valence-electron chi connectivity index (χ4n) is 2.36. The molecule has 0 aromatic rings. The van der Waals surface area contributed by atoms with Crippen LogP contribution in [-0.4, -0.2) is 55.5 Å². The maximum Gasteiger partial charge on any atom is 0.223 e. The van der Waals surface area contributed by atoms with Crippen LogP contribution < -0.4 is 0 Å². The Morgan fingerprint density at radius 1 is 1.33 bits per heavy atom. The SMILES string of the molecule is C=N/C(C)=C(CC)\C(CCC(=O)N1CCOCC1)=N/CCl. The zero-order valence-corrected chi connectivity index (χ0v) is 13.7. The third-order valence-corrected chi connectivity index (χ3v) is 3.69. The van der Waals surface area contributed by atoms with Crippen LogP contribution in [-0.2, 0) is 9.53 Å². The van der Waals surface area contributed by atoms with Gasteiger partial charge in [-0.15, -0.1) is 11.6 Å². The van der Waals surface area contributed by atoms with E-state index < -0.39 is 0 Å². The predicted molar refractivity (Wildman–Crippen MR) is 87.3 cm³/mol. The largest absolute Gasteiger partial charge is 0.378 e. The number of hydrogen-bond donors (Lipinski definition) is 0. The molecule has 0 aromatic carbocycles. The maximum absolute atomic E-state index is 12.2. The minimum Gasteiger partial charge on any atom is -0.378 e.